The number of rotatable bonds is 4. The van der Waals surface area contributed by atoms with Crippen molar-refractivity contribution in [2.24, 2.45) is 0 Å². The topological polar surface area (TPSA) is 30.5 Å². The van der Waals surface area contributed by atoms with Crippen LogP contribution in [0, 0.1) is 0 Å². The van der Waals surface area contributed by atoms with E-state index in [0.29, 0.717) is 12.6 Å². The third-order valence-electron chi connectivity index (χ3n) is 4.77. The summed E-state index contributed by atoms with van der Waals surface area (Å²) in [6.07, 6.45) is 8.75. The second-order valence-corrected chi connectivity index (χ2v) is 6.39. The molecule has 3 heteroatoms. The standard InChI is InChI=1S/C18H27NO2/c1-2-20-17-8-6-7-15(13-17)19-16-9-12-21-18(14-16)10-4-3-5-11-18/h6-8,13,16,19H,2-5,9-12,14H2,1H3. The smallest absolute Gasteiger partial charge is 0.121 e. The van der Waals surface area contributed by atoms with Crippen LogP contribution in [0.3, 0.4) is 0 Å². The second-order valence-electron chi connectivity index (χ2n) is 6.39. The Morgan fingerprint density at radius 1 is 1.29 bits per heavy atom. The Kier molecular flexibility index (Phi) is 4.69. The minimum absolute atomic E-state index is 0.158. The van der Waals surface area contributed by atoms with Gasteiger partial charge in [-0.15, -0.1) is 0 Å². The maximum absolute atomic E-state index is 6.17. The van der Waals surface area contributed by atoms with Gasteiger partial charge in [0.05, 0.1) is 12.2 Å². The fraction of sp³-hybridized carbons (Fsp3) is 0.667. The van der Waals surface area contributed by atoms with Crippen molar-refractivity contribution in [1.29, 1.82) is 0 Å². The van der Waals surface area contributed by atoms with Crippen molar-refractivity contribution in [2.75, 3.05) is 18.5 Å². The minimum atomic E-state index is 0.158. The monoisotopic (exact) mass is 289 g/mol. The summed E-state index contributed by atoms with van der Waals surface area (Å²) in [4.78, 5) is 0. The molecule has 3 rings (SSSR count). The Morgan fingerprint density at radius 3 is 2.95 bits per heavy atom. The molecule has 1 N–H and O–H groups in total. The Morgan fingerprint density at radius 2 is 2.14 bits per heavy atom. The summed E-state index contributed by atoms with van der Waals surface area (Å²) in [6, 6.07) is 8.83. The van der Waals surface area contributed by atoms with Gasteiger partial charge in [-0.1, -0.05) is 25.3 Å². The van der Waals surface area contributed by atoms with Crippen molar-refractivity contribution >= 4 is 5.69 Å². The zero-order valence-electron chi connectivity index (χ0n) is 13.1. The van der Waals surface area contributed by atoms with E-state index in [0.717, 1.165) is 25.2 Å². The molecule has 1 aliphatic carbocycles. The van der Waals surface area contributed by atoms with Gasteiger partial charge in [-0.2, -0.15) is 0 Å². The van der Waals surface area contributed by atoms with Gasteiger partial charge in [0.25, 0.3) is 0 Å². The molecule has 1 aromatic rings. The van der Waals surface area contributed by atoms with Crippen LogP contribution in [0.5, 0.6) is 5.75 Å². The quantitative estimate of drug-likeness (QED) is 0.892. The van der Waals surface area contributed by atoms with Crippen molar-refractivity contribution in [3.8, 4) is 5.75 Å². The van der Waals surface area contributed by atoms with Crippen LogP contribution in [0.15, 0.2) is 24.3 Å². The summed E-state index contributed by atoms with van der Waals surface area (Å²) in [7, 11) is 0. The lowest BCUT2D eigenvalue weighted by atomic mass is 9.78. The average molecular weight is 289 g/mol. The molecule has 0 aromatic heterocycles. The summed E-state index contributed by atoms with van der Waals surface area (Å²) in [5, 5.41) is 3.69. The van der Waals surface area contributed by atoms with Gasteiger partial charge in [0, 0.05) is 24.4 Å². The van der Waals surface area contributed by atoms with E-state index >= 15 is 0 Å². The van der Waals surface area contributed by atoms with Gasteiger partial charge in [0.2, 0.25) is 0 Å². The largest absolute Gasteiger partial charge is 0.494 e. The van der Waals surface area contributed by atoms with Crippen LogP contribution in [0.4, 0.5) is 5.69 Å². The highest BCUT2D eigenvalue weighted by molar-refractivity contribution is 5.49. The number of anilines is 1. The van der Waals surface area contributed by atoms with Crippen LogP contribution < -0.4 is 10.1 Å². The Labute approximate surface area is 128 Å². The number of benzene rings is 1. The normalized spacial score (nSPS) is 24.7. The maximum atomic E-state index is 6.17. The molecule has 1 saturated carbocycles. The fourth-order valence-corrected chi connectivity index (χ4v) is 3.77. The van der Waals surface area contributed by atoms with Crippen molar-refractivity contribution in [3.05, 3.63) is 24.3 Å². The minimum Gasteiger partial charge on any atom is -0.494 e. The first kappa shape index (κ1) is 14.7. The Hall–Kier alpha value is -1.22. The second kappa shape index (κ2) is 6.69. The van der Waals surface area contributed by atoms with Gasteiger partial charge in [0.1, 0.15) is 5.75 Å². The molecule has 1 aromatic carbocycles. The molecule has 1 spiro atoms. The highest BCUT2D eigenvalue weighted by Gasteiger charge is 2.38. The number of nitrogens with one attached hydrogen (secondary N) is 1. The highest BCUT2D eigenvalue weighted by atomic mass is 16.5. The molecule has 1 saturated heterocycles. The van der Waals surface area contributed by atoms with Gasteiger partial charge in [0.15, 0.2) is 0 Å². The molecule has 2 aliphatic rings. The summed E-state index contributed by atoms with van der Waals surface area (Å²) in [5.41, 5.74) is 1.32. The molecule has 1 atom stereocenters. The van der Waals surface area contributed by atoms with Crippen molar-refractivity contribution in [3.63, 3.8) is 0 Å². The van der Waals surface area contributed by atoms with Crippen molar-refractivity contribution < 1.29 is 9.47 Å². The molecule has 116 valence electrons. The predicted octanol–water partition coefficient (Wildman–Crippen LogP) is 4.38. The van der Waals surface area contributed by atoms with Gasteiger partial charge in [-0.05, 0) is 44.7 Å². The molecule has 0 amide bonds. The summed E-state index contributed by atoms with van der Waals surface area (Å²) in [6.45, 7) is 3.62. The van der Waals surface area contributed by atoms with E-state index in [-0.39, 0.29) is 5.60 Å². The number of hydrogen-bond acceptors (Lipinski definition) is 3. The van der Waals surface area contributed by atoms with Gasteiger partial charge >= 0.3 is 0 Å². The molecule has 21 heavy (non-hydrogen) atoms. The molecule has 2 fully saturated rings. The van der Waals surface area contributed by atoms with E-state index in [4.69, 9.17) is 9.47 Å². The average Bonchev–Trinajstić information content (AvgIpc) is 2.49. The van der Waals surface area contributed by atoms with Crippen molar-refractivity contribution in [2.45, 2.75) is 63.5 Å². The van der Waals surface area contributed by atoms with Crippen LogP contribution in [0.1, 0.15) is 51.9 Å². The lowest BCUT2D eigenvalue weighted by Gasteiger charge is -2.44. The molecule has 1 heterocycles. The summed E-state index contributed by atoms with van der Waals surface area (Å²) < 4.78 is 11.8. The first-order valence-electron chi connectivity index (χ1n) is 8.43. The Bertz CT molecular complexity index is 449. The SMILES string of the molecule is CCOc1cccc(NC2CCOC3(CCCCC3)C2)c1. The zero-order valence-corrected chi connectivity index (χ0v) is 13.1. The molecule has 3 nitrogen and oxygen atoms in total. The van der Waals surface area contributed by atoms with Crippen LogP contribution in [0.25, 0.3) is 0 Å². The van der Waals surface area contributed by atoms with E-state index in [9.17, 15) is 0 Å². The maximum Gasteiger partial charge on any atom is 0.121 e. The number of hydrogen-bond donors (Lipinski definition) is 1. The predicted molar refractivity (Wildman–Crippen MR) is 86.0 cm³/mol. The molecule has 1 unspecified atom stereocenters. The van der Waals surface area contributed by atoms with Gasteiger partial charge in [-0.3, -0.25) is 0 Å². The summed E-state index contributed by atoms with van der Waals surface area (Å²) >= 11 is 0. The lowest BCUT2D eigenvalue weighted by molar-refractivity contribution is -0.103. The van der Waals surface area contributed by atoms with Crippen molar-refractivity contribution in [1.82, 2.24) is 0 Å². The van der Waals surface area contributed by atoms with Crippen LogP contribution in [-0.2, 0) is 4.74 Å². The van der Waals surface area contributed by atoms with E-state index < -0.39 is 0 Å². The van der Waals surface area contributed by atoms with Crippen LogP contribution in [0.2, 0.25) is 0 Å². The third kappa shape index (κ3) is 3.70. The highest BCUT2D eigenvalue weighted by Crippen LogP contribution is 2.39. The van der Waals surface area contributed by atoms with Gasteiger partial charge in [-0.25, -0.2) is 0 Å². The molecular formula is C18H27NO2. The zero-order chi connectivity index (χ0) is 14.5. The lowest BCUT2D eigenvalue weighted by Crippen LogP contribution is -2.45. The van der Waals surface area contributed by atoms with E-state index in [1.807, 2.05) is 13.0 Å². The third-order valence-corrected chi connectivity index (χ3v) is 4.77. The van der Waals surface area contributed by atoms with E-state index in [2.05, 4.69) is 23.5 Å². The first-order chi connectivity index (χ1) is 10.3. The fourth-order valence-electron chi connectivity index (χ4n) is 3.77. The number of ether oxygens (including phenoxy) is 2. The van der Waals surface area contributed by atoms with Gasteiger partial charge < -0.3 is 14.8 Å². The van der Waals surface area contributed by atoms with Crippen LogP contribution in [-0.4, -0.2) is 24.9 Å². The summed E-state index contributed by atoms with van der Waals surface area (Å²) in [5.74, 6) is 0.946. The molecule has 0 bridgehead atoms. The molecule has 0 radical (unpaired) electrons. The Balaban J connectivity index is 1.63. The molecule has 1 aliphatic heterocycles. The van der Waals surface area contributed by atoms with Crippen LogP contribution >= 0.6 is 0 Å². The first-order valence-corrected chi connectivity index (χ1v) is 8.43. The van der Waals surface area contributed by atoms with E-state index in [1.165, 1.54) is 37.8 Å². The van der Waals surface area contributed by atoms with E-state index in [1.54, 1.807) is 0 Å². The molecular weight excluding hydrogens is 262 g/mol.